The summed E-state index contributed by atoms with van der Waals surface area (Å²) in [7, 11) is 1.67. The number of nitrogens with two attached hydrogens (primary N) is 1. The molecule has 0 amide bonds. The van der Waals surface area contributed by atoms with Gasteiger partial charge < -0.3 is 15.4 Å². The number of likely N-dealkylation sites (N-methyl/N-ethyl adjacent to an activating group) is 1. The quantitative estimate of drug-likeness (QED) is 0.830. The summed E-state index contributed by atoms with van der Waals surface area (Å²) in [6.45, 7) is 4.31. The van der Waals surface area contributed by atoms with Gasteiger partial charge in [-0.25, -0.2) is 0 Å². The molecule has 0 saturated heterocycles. The molecule has 90 valence electrons. The topological polar surface area (TPSA) is 38.5 Å². The maximum Gasteiger partial charge on any atom is 0.0637 e. The third kappa shape index (κ3) is 3.17. The van der Waals surface area contributed by atoms with Crippen molar-refractivity contribution >= 4 is 34.6 Å². The molecule has 0 heterocycles. The fourth-order valence-corrected chi connectivity index (χ4v) is 1.81. The van der Waals surface area contributed by atoms with E-state index in [0.29, 0.717) is 22.3 Å². The molecule has 0 aliphatic rings. The van der Waals surface area contributed by atoms with Crippen LogP contribution in [0.25, 0.3) is 0 Å². The summed E-state index contributed by atoms with van der Waals surface area (Å²) in [6, 6.07) is 3.47. The van der Waals surface area contributed by atoms with Gasteiger partial charge in [0.05, 0.1) is 28.0 Å². The number of rotatable bonds is 5. The van der Waals surface area contributed by atoms with Gasteiger partial charge in [-0.3, -0.25) is 0 Å². The highest BCUT2D eigenvalue weighted by molar-refractivity contribution is 6.42. The van der Waals surface area contributed by atoms with Crippen molar-refractivity contribution in [2.24, 2.45) is 0 Å². The van der Waals surface area contributed by atoms with Crippen LogP contribution >= 0.6 is 23.2 Å². The summed E-state index contributed by atoms with van der Waals surface area (Å²) in [4.78, 5) is 2.10. The Morgan fingerprint density at radius 3 is 2.50 bits per heavy atom. The van der Waals surface area contributed by atoms with Gasteiger partial charge in [0.25, 0.3) is 0 Å². The van der Waals surface area contributed by atoms with Crippen molar-refractivity contribution in [3.8, 4) is 0 Å². The van der Waals surface area contributed by atoms with Crippen LogP contribution < -0.4 is 10.6 Å². The second-order valence-corrected chi connectivity index (χ2v) is 4.21. The Bertz CT molecular complexity index is 358. The third-order valence-corrected chi connectivity index (χ3v) is 3.08. The van der Waals surface area contributed by atoms with Crippen LogP contribution in [0.1, 0.15) is 6.92 Å². The van der Waals surface area contributed by atoms with E-state index in [1.165, 1.54) is 0 Å². The predicted molar refractivity (Wildman–Crippen MR) is 70.6 cm³/mol. The van der Waals surface area contributed by atoms with E-state index in [-0.39, 0.29) is 0 Å². The van der Waals surface area contributed by atoms with Crippen LogP contribution in [-0.2, 0) is 4.74 Å². The maximum absolute atomic E-state index is 5.98. The molecule has 5 heteroatoms. The first kappa shape index (κ1) is 13.4. The Kier molecular flexibility index (Phi) is 5.19. The Morgan fingerprint density at radius 1 is 1.31 bits per heavy atom. The van der Waals surface area contributed by atoms with Crippen LogP contribution in [-0.4, -0.2) is 26.8 Å². The van der Waals surface area contributed by atoms with Gasteiger partial charge in [0.2, 0.25) is 0 Å². The van der Waals surface area contributed by atoms with E-state index in [1.54, 1.807) is 19.2 Å². The second-order valence-electron chi connectivity index (χ2n) is 3.40. The average Bonchev–Trinajstić information content (AvgIpc) is 2.26. The minimum atomic E-state index is 0.478. The number of ether oxygens (including phenoxy) is 1. The van der Waals surface area contributed by atoms with Crippen LogP contribution in [0.5, 0.6) is 0 Å². The van der Waals surface area contributed by atoms with E-state index in [4.69, 9.17) is 33.7 Å². The highest BCUT2D eigenvalue weighted by Crippen LogP contribution is 2.32. The summed E-state index contributed by atoms with van der Waals surface area (Å²) < 4.78 is 5.05. The number of halogens is 2. The van der Waals surface area contributed by atoms with Crippen molar-refractivity contribution in [3.63, 3.8) is 0 Å². The molecular weight excluding hydrogens is 247 g/mol. The van der Waals surface area contributed by atoms with E-state index in [0.717, 1.165) is 18.8 Å². The summed E-state index contributed by atoms with van der Waals surface area (Å²) in [5.74, 6) is 0. The first-order valence-electron chi connectivity index (χ1n) is 5.08. The Balaban J connectivity index is 2.95. The molecule has 16 heavy (non-hydrogen) atoms. The summed E-state index contributed by atoms with van der Waals surface area (Å²) in [5, 5.41) is 0.993. The molecule has 0 atom stereocenters. The van der Waals surface area contributed by atoms with Crippen LogP contribution in [0.4, 0.5) is 11.4 Å². The standard InChI is InChI=1S/C11H16Cl2N2O/c1-3-15(4-5-16-2)11-7-9(13)8(12)6-10(11)14/h6-7H,3-5,14H2,1-2H3. The maximum atomic E-state index is 5.98. The number of hydrogen-bond acceptors (Lipinski definition) is 3. The zero-order chi connectivity index (χ0) is 12.1. The zero-order valence-electron chi connectivity index (χ0n) is 9.46. The highest BCUT2D eigenvalue weighted by atomic mass is 35.5. The van der Waals surface area contributed by atoms with Gasteiger partial charge in [-0.15, -0.1) is 0 Å². The average molecular weight is 263 g/mol. The normalized spacial score (nSPS) is 10.5. The third-order valence-electron chi connectivity index (χ3n) is 2.36. The number of methoxy groups -OCH3 is 1. The first-order chi connectivity index (χ1) is 7.60. The molecule has 1 rings (SSSR count). The fourth-order valence-electron chi connectivity index (χ4n) is 1.48. The molecule has 3 nitrogen and oxygen atoms in total. The molecule has 0 aromatic heterocycles. The predicted octanol–water partition coefficient (Wildman–Crippen LogP) is 3.05. The summed E-state index contributed by atoms with van der Waals surface area (Å²) in [5.41, 5.74) is 7.44. The van der Waals surface area contributed by atoms with Crippen molar-refractivity contribution in [1.29, 1.82) is 0 Å². The molecular formula is C11H16Cl2N2O. The summed E-state index contributed by atoms with van der Waals surface area (Å²) in [6.07, 6.45) is 0. The monoisotopic (exact) mass is 262 g/mol. The van der Waals surface area contributed by atoms with Gasteiger partial charge in [-0.1, -0.05) is 23.2 Å². The van der Waals surface area contributed by atoms with E-state index >= 15 is 0 Å². The van der Waals surface area contributed by atoms with Gasteiger partial charge in [-0.05, 0) is 19.1 Å². The molecule has 0 radical (unpaired) electrons. The van der Waals surface area contributed by atoms with Crippen LogP contribution in [0, 0.1) is 0 Å². The van der Waals surface area contributed by atoms with Crippen molar-refractivity contribution < 1.29 is 4.74 Å². The number of nitrogens with zero attached hydrogens (tertiary/aromatic N) is 1. The highest BCUT2D eigenvalue weighted by Gasteiger charge is 2.10. The molecule has 0 aliphatic heterocycles. The molecule has 0 saturated carbocycles. The van der Waals surface area contributed by atoms with Gasteiger partial charge in [0, 0.05) is 20.2 Å². The van der Waals surface area contributed by atoms with Crippen LogP contribution in [0.3, 0.4) is 0 Å². The fraction of sp³-hybridized carbons (Fsp3) is 0.455. The lowest BCUT2D eigenvalue weighted by Gasteiger charge is -2.24. The molecule has 2 N–H and O–H groups in total. The smallest absolute Gasteiger partial charge is 0.0637 e. The molecule has 0 fully saturated rings. The number of hydrogen-bond donors (Lipinski definition) is 1. The second kappa shape index (κ2) is 6.18. The molecule has 1 aromatic carbocycles. The molecule has 0 spiro atoms. The van der Waals surface area contributed by atoms with Gasteiger partial charge in [0.1, 0.15) is 0 Å². The molecule has 1 aromatic rings. The van der Waals surface area contributed by atoms with Crippen molar-refractivity contribution in [3.05, 3.63) is 22.2 Å². The van der Waals surface area contributed by atoms with Gasteiger partial charge in [-0.2, -0.15) is 0 Å². The van der Waals surface area contributed by atoms with Crippen LogP contribution in [0.15, 0.2) is 12.1 Å². The number of nitrogen functional groups attached to an aromatic ring is 1. The van der Waals surface area contributed by atoms with E-state index in [9.17, 15) is 0 Å². The lowest BCUT2D eigenvalue weighted by molar-refractivity contribution is 0.205. The van der Waals surface area contributed by atoms with E-state index in [1.807, 2.05) is 0 Å². The minimum Gasteiger partial charge on any atom is -0.397 e. The van der Waals surface area contributed by atoms with Crippen LogP contribution in [0.2, 0.25) is 10.0 Å². The van der Waals surface area contributed by atoms with Crippen molar-refractivity contribution in [2.75, 3.05) is 37.4 Å². The minimum absolute atomic E-state index is 0.478. The van der Waals surface area contributed by atoms with Gasteiger partial charge >= 0.3 is 0 Å². The van der Waals surface area contributed by atoms with Crippen molar-refractivity contribution in [2.45, 2.75) is 6.92 Å². The van der Waals surface area contributed by atoms with E-state index in [2.05, 4.69) is 11.8 Å². The lowest BCUT2D eigenvalue weighted by atomic mass is 10.2. The SMILES string of the molecule is CCN(CCOC)c1cc(Cl)c(Cl)cc1N. The Morgan fingerprint density at radius 2 is 1.94 bits per heavy atom. The molecule has 0 unspecified atom stereocenters. The zero-order valence-corrected chi connectivity index (χ0v) is 11.0. The lowest BCUT2D eigenvalue weighted by Crippen LogP contribution is -2.27. The Hall–Kier alpha value is -0.640. The van der Waals surface area contributed by atoms with Crippen molar-refractivity contribution in [1.82, 2.24) is 0 Å². The largest absolute Gasteiger partial charge is 0.397 e. The number of benzene rings is 1. The van der Waals surface area contributed by atoms with E-state index < -0.39 is 0 Å². The summed E-state index contributed by atoms with van der Waals surface area (Å²) >= 11 is 11.9. The van der Waals surface area contributed by atoms with Gasteiger partial charge in [0.15, 0.2) is 0 Å². The molecule has 0 aliphatic carbocycles. The first-order valence-corrected chi connectivity index (χ1v) is 5.84. The Labute approximate surface area is 106 Å². The molecule has 0 bridgehead atoms. The number of anilines is 2.